The first-order chi connectivity index (χ1) is 17.7. The number of rotatable bonds is 3. The fourth-order valence-electron chi connectivity index (χ4n) is 4.19. The second kappa shape index (κ2) is 7.62. The second-order valence-corrected chi connectivity index (χ2v) is 9.14. The zero-order chi connectivity index (χ0) is 27.6. The summed E-state index contributed by atoms with van der Waals surface area (Å²) in [4.78, 5) is 0. The fraction of sp³-hybridized carbons (Fsp3) is 0.207. The van der Waals surface area contributed by atoms with Crippen molar-refractivity contribution in [3.63, 3.8) is 0 Å². The van der Waals surface area contributed by atoms with E-state index in [1.807, 2.05) is 73.1 Å². The maximum atomic E-state index is 8.47. The molecule has 0 bridgehead atoms. The number of hydrogen-bond acceptors (Lipinski definition) is 1. The lowest BCUT2D eigenvalue weighted by Gasteiger charge is -2.10. The predicted molar refractivity (Wildman–Crippen MR) is 135 cm³/mol. The van der Waals surface area contributed by atoms with Gasteiger partial charge in [-0.2, -0.15) is 0 Å². The predicted octanol–water partition coefficient (Wildman–Crippen LogP) is 7.95. The van der Waals surface area contributed by atoms with Crippen LogP contribution in [0.2, 0.25) is 0 Å². The van der Waals surface area contributed by atoms with Crippen molar-refractivity contribution in [2.45, 2.75) is 33.4 Å². The molecular formula is C29H28NS+. The van der Waals surface area contributed by atoms with Crippen molar-refractivity contribution in [2.24, 2.45) is 7.05 Å². The smallest absolute Gasteiger partial charge is 0.201 e. The Morgan fingerprint density at radius 3 is 2.45 bits per heavy atom. The van der Waals surface area contributed by atoms with Crippen LogP contribution in [0.3, 0.4) is 0 Å². The Hall–Kier alpha value is -2.97. The van der Waals surface area contributed by atoms with Crippen molar-refractivity contribution in [1.82, 2.24) is 0 Å². The molecule has 0 amide bonds. The van der Waals surface area contributed by atoms with Crippen LogP contribution in [0.5, 0.6) is 0 Å². The molecular weight excluding hydrogens is 394 g/mol. The van der Waals surface area contributed by atoms with E-state index in [9.17, 15) is 0 Å². The van der Waals surface area contributed by atoms with Gasteiger partial charge < -0.3 is 0 Å². The van der Waals surface area contributed by atoms with Gasteiger partial charge in [0.2, 0.25) is 5.69 Å². The van der Waals surface area contributed by atoms with E-state index in [4.69, 9.17) is 9.60 Å². The van der Waals surface area contributed by atoms with Crippen LogP contribution in [0.1, 0.15) is 46.0 Å². The summed E-state index contributed by atoms with van der Waals surface area (Å²) in [6.07, 6.45) is 1.70. The van der Waals surface area contributed by atoms with Crippen molar-refractivity contribution >= 4 is 31.5 Å². The molecule has 5 rings (SSSR count). The molecule has 154 valence electrons. The van der Waals surface area contributed by atoms with Crippen LogP contribution in [0, 0.1) is 13.8 Å². The highest BCUT2D eigenvalue weighted by Crippen LogP contribution is 2.38. The molecule has 3 aromatic carbocycles. The van der Waals surface area contributed by atoms with Gasteiger partial charge in [-0.05, 0) is 60.1 Å². The summed E-state index contributed by atoms with van der Waals surface area (Å²) in [6.45, 7) is -1.29. The number of pyridine rings is 1. The van der Waals surface area contributed by atoms with Gasteiger partial charge in [-0.1, -0.05) is 56.2 Å². The average molecular weight is 430 g/mol. The molecule has 2 heterocycles. The molecule has 0 aliphatic heterocycles. The van der Waals surface area contributed by atoms with Gasteiger partial charge in [0.15, 0.2) is 6.20 Å². The lowest BCUT2D eigenvalue weighted by molar-refractivity contribution is -0.660. The number of hydrogen-bond donors (Lipinski definition) is 0. The quantitative estimate of drug-likeness (QED) is 0.256. The molecule has 0 saturated carbocycles. The van der Waals surface area contributed by atoms with Crippen LogP contribution in [-0.4, -0.2) is 0 Å². The Labute approximate surface area is 198 Å². The Morgan fingerprint density at radius 2 is 1.68 bits per heavy atom. The first-order valence-corrected chi connectivity index (χ1v) is 11.1. The Morgan fingerprint density at radius 1 is 0.903 bits per heavy atom. The van der Waals surface area contributed by atoms with Crippen molar-refractivity contribution in [3.05, 3.63) is 89.6 Å². The molecule has 31 heavy (non-hydrogen) atoms. The molecule has 5 aromatic rings. The van der Waals surface area contributed by atoms with Crippen LogP contribution in [-0.2, 0) is 7.05 Å². The fourth-order valence-corrected chi connectivity index (χ4v) is 5.38. The Balaban J connectivity index is 1.70. The minimum atomic E-state index is -2.45. The summed E-state index contributed by atoms with van der Waals surface area (Å²) >= 11 is 1.52. The molecule has 0 radical (unpaired) electrons. The first-order valence-electron chi connectivity index (χ1n) is 13.8. The largest absolute Gasteiger partial charge is 0.213 e. The third kappa shape index (κ3) is 3.45. The standard InChI is InChI=1S/C29H28NS/c1-18(2)21-10-12-24-25-13-11-22(15-29(25)31-28(24)14-21)26-16-27(30(5)17-20(26)4)23-9-7-6-8-19(23)3/h6-18H,1-5H3/q+1/i1D3,4D3,18D. The molecule has 2 heteroatoms. The van der Waals surface area contributed by atoms with Crippen molar-refractivity contribution < 1.29 is 14.2 Å². The van der Waals surface area contributed by atoms with Gasteiger partial charge in [-0.3, -0.25) is 0 Å². The molecule has 0 fully saturated rings. The monoisotopic (exact) mass is 429 g/mol. The highest BCUT2D eigenvalue weighted by atomic mass is 32.1. The average Bonchev–Trinajstić information content (AvgIpc) is 3.20. The lowest BCUT2D eigenvalue weighted by atomic mass is 9.96. The van der Waals surface area contributed by atoms with E-state index >= 15 is 0 Å². The van der Waals surface area contributed by atoms with E-state index in [1.165, 1.54) is 18.3 Å². The lowest BCUT2D eigenvalue weighted by Crippen LogP contribution is -2.31. The molecule has 0 aliphatic rings. The molecule has 0 N–H and O–H groups in total. The number of benzene rings is 3. The van der Waals surface area contributed by atoms with Gasteiger partial charge in [0.1, 0.15) is 7.05 Å². The summed E-state index contributed by atoms with van der Waals surface area (Å²) in [5.41, 5.74) is 5.25. The number of aryl methyl sites for hydroxylation is 3. The van der Waals surface area contributed by atoms with E-state index in [1.54, 1.807) is 18.3 Å². The molecule has 1 atom stereocenters. The zero-order valence-electron chi connectivity index (χ0n) is 24.8. The van der Waals surface area contributed by atoms with Gasteiger partial charge >= 0.3 is 0 Å². The molecule has 0 aliphatic carbocycles. The topological polar surface area (TPSA) is 3.88 Å². The first kappa shape index (κ1) is 13.4. The number of nitrogens with zero attached hydrogens (tertiary/aromatic N) is 1. The Kier molecular flexibility index (Phi) is 3.30. The molecule has 1 unspecified atom stereocenters. The van der Waals surface area contributed by atoms with E-state index in [-0.39, 0.29) is 5.56 Å². The normalized spacial score (nSPS) is 17.7. The van der Waals surface area contributed by atoms with Gasteiger partial charge in [0.25, 0.3) is 0 Å². The van der Waals surface area contributed by atoms with Gasteiger partial charge in [0, 0.05) is 47.0 Å². The van der Waals surface area contributed by atoms with Gasteiger partial charge in [-0.15, -0.1) is 11.3 Å². The van der Waals surface area contributed by atoms with Crippen molar-refractivity contribution in [2.75, 3.05) is 0 Å². The van der Waals surface area contributed by atoms with Gasteiger partial charge in [-0.25, -0.2) is 4.57 Å². The van der Waals surface area contributed by atoms with Crippen LogP contribution >= 0.6 is 11.3 Å². The van der Waals surface area contributed by atoms with E-state index in [2.05, 4.69) is 0 Å². The number of thiophene rings is 1. The highest BCUT2D eigenvalue weighted by Gasteiger charge is 2.17. The summed E-state index contributed by atoms with van der Waals surface area (Å²) in [5.74, 6) is -1.72. The van der Waals surface area contributed by atoms with Crippen LogP contribution in [0.4, 0.5) is 0 Å². The van der Waals surface area contributed by atoms with Crippen molar-refractivity contribution in [1.29, 1.82) is 0 Å². The minimum Gasteiger partial charge on any atom is -0.201 e. The zero-order valence-corrected chi connectivity index (χ0v) is 18.6. The maximum Gasteiger partial charge on any atom is 0.213 e. The SMILES string of the molecule is [2H]C([2H])([2H])c1c[n+](C)c(-c2ccccc2C)cc1-c1ccc2c(c1)sc1cc(C([2H])(C)C([2H])([2H])[2H])ccc12. The summed E-state index contributed by atoms with van der Waals surface area (Å²) in [7, 11) is 1.87. The molecule has 1 nitrogen and oxygen atoms in total. The Bertz CT molecular complexity index is 1690. The van der Waals surface area contributed by atoms with Crippen molar-refractivity contribution in [3.8, 4) is 22.4 Å². The van der Waals surface area contributed by atoms with Crippen LogP contribution in [0.15, 0.2) is 72.9 Å². The van der Waals surface area contributed by atoms with E-state index < -0.39 is 19.6 Å². The maximum absolute atomic E-state index is 8.47. The van der Waals surface area contributed by atoms with E-state index in [0.29, 0.717) is 11.1 Å². The molecule has 2 aromatic heterocycles. The van der Waals surface area contributed by atoms with Crippen LogP contribution < -0.4 is 4.57 Å². The number of fused-ring (bicyclic) bond motifs is 3. The molecule has 0 spiro atoms. The summed E-state index contributed by atoms with van der Waals surface area (Å²) in [5, 5.41) is 2.00. The summed E-state index contributed by atoms with van der Waals surface area (Å²) in [6, 6.07) is 21.4. The second-order valence-electron chi connectivity index (χ2n) is 8.06. The highest BCUT2D eigenvalue weighted by molar-refractivity contribution is 7.25. The van der Waals surface area contributed by atoms with Gasteiger partial charge in [0.05, 0.1) is 0 Å². The van der Waals surface area contributed by atoms with Crippen LogP contribution in [0.25, 0.3) is 42.6 Å². The summed E-state index contributed by atoms with van der Waals surface area (Å²) < 4.78 is 60.2. The minimum absolute atomic E-state index is 0.280. The number of aromatic nitrogens is 1. The third-order valence-corrected chi connectivity index (χ3v) is 7.03. The van der Waals surface area contributed by atoms with E-state index in [0.717, 1.165) is 42.6 Å². The molecule has 0 saturated heterocycles. The third-order valence-electron chi connectivity index (χ3n) is 5.91.